The highest BCUT2D eigenvalue weighted by Crippen LogP contribution is 2.16. The first-order valence-corrected chi connectivity index (χ1v) is 11.9. The Labute approximate surface area is 204 Å². The molecule has 0 saturated carbocycles. The Morgan fingerprint density at radius 1 is 1.00 bits per heavy atom. The zero-order valence-corrected chi connectivity index (χ0v) is 20.2. The van der Waals surface area contributed by atoms with Gasteiger partial charge in [-0.25, -0.2) is 9.18 Å². The van der Waals surface area contributed by atoms with Crippen LogP contribution in [-0.4, -0.2) is 55.4 Å². The van der Waals surface area contributed by atoms with Gasteiger partial charge in [-0.3, -0.25) is 4.79 Å². The lowest BCUT2D eigenvalue weighted by Crippen LogP contribution is -2.69. The fourth-order valence-electron chi connectivity index (χ4n) is 3.38. The molecule has 0 saturated heterocycles. The number of halogens is 3. The Morgan fingerprint density at radius 3 is 2.09 bits per heavy atom. The van der Waals surface area contributed by atoms with Crippen molar-refractivity contribution < 1.29 is 24.5 Å². The number of rotatable bonds is 13. The second kappa shape index (κ2) is 14.0. The van der Waals surface area contributed by atoms with Gasteiger partial charge in [0.15, 0.2) is 6.04 Å². The molecule has 2 aromatic rings. The molecule has 2 atom stereocenters. The van der Waals surface area contributed by atoms with Crippen molar-refractivity contribution in [2.45, 2.75) is 31.8 Å². The third-order valence-electron chi connectivity index (χ3n) is 5.10. The number of anilines is 1. The van der Waals surface area contributed by atoms with Crippen molar-refractivity contribution in [3.05, 3.63) is 65.5 Å². The largest absolute Gasteiger partial charge is 0.464 e. The van der Waals surface area contributed by atoms with Crippen LogP contribution >= 0.6 is 23.2 Å². The van der Waals surface area contributed by atoms with Crippen molar-refractivity contribution >= 4 is 40.8 Å². The second-order valence-corrected chi connectivity index (χ2v) is 8.33. The Kier molecular flexibility index (Phi) is 11.4. The Balaban J connectivity index is 2.02. The Morgan fingerprint density at radius 2 is 1.55 bits per heavy atom. The summed E-state index contributed by atoms with van der Waals surface area (Å²) in [6.45, 7) is 3.28. The van der Waals surface area contributed by atoms with E-state index in [2.05, 4.69) is 16.0 Å². The maximum atomic E-state index is 13.2. The average Bonchev–Trinajstić information content (AvgIpc) is 2.80. The van der Waals surface area contributed by atoms with Gasteiger partial charge < -0.3 is 20.7 Å². The minimum absolute atomic E-state index is 0.194. The van der Waals surface area contributed by atoms with Crippen LogP contribution < -0.4 is 16.0 Å². The van der Waals surface area contributed by atoms with Crippen molar-refractivity contribution in [1.29, 1.82) is 0 Å². The van der Waals surface area contributed by atoms with Gasteiger partial charge in [0.05, 0.1) is 6.61 Å². The molecule has 33 heavy (non-hydrogen) atoms. The molecule has 0 aliphatic heterocycles. The zero-order valence-electron chi connectivity index (χ0n) is 18.7. The molecule has 0 heterocycles. The molecule has 9 heteroatoms. The number of carbonyl (C=O) groups is 2. The fourth-order valence-corrected chi connectivity index (χ4v) is 3.78. The number of hydrogen-bond donors (Lipinski definition) is 2. The van der Waals surface area contributed by atoms with Crippen LogP contribution in [0.25, 0.3) is 0 Å². The number of ether oxygens (including phenoxy) is 1. The van der Waals surface area contributed by atoms with E-state index in [4.69, 9.17) is 27.9 Å². The predicted octanol–water partition coefficient (Wildman–Crippen LogP) is 2.55. The first-order valence-electron chi connectivity index (χ1n) is 10.9. The van der Waals surface area contributed by atoms with E-state index in [-0.39, 0.29) is 24.8 Å². The first kappa shape index (κ1) is 26.9. The minimum atomic E-state index is -0.880. The molecule has 6 nitrogen and oxygen atoms in total. The molecular weight excluding hydrogens is 468 g/mol. The number of amides is 1. The molecule has 0 aliphatic rings. The van der Waals surface area contributed by atoms with E-state index in [1.165, 1.54) is 12.1 Å². The quantitative estimate of drug-likeness (QED) is 0.328. The van der Waals surface area contributed by atoms with Gasteiger partial charge in [0.1, 0.15) is 11.9 Å². The number of nitrogens with zero attached hydrogens (tertiary/aromatic N) is 1. The van der Waals surface area contributed by atoms with Gasteiger partial charge >= 0.3 is 5.97 Å². The highest BCUT2D eigenvalue weighted by molar-refractivity contribution is 6.18. The molecular formula is C24H31Cl2FN3O3+. The number of hydrogen-bond acceptors (Lipinski definition) is 4. The van der Waals surface area contributed by atoms with Gasteiger partial charge in [-0.1, -0.05) is 24.3 Å². The van der Waals surface area contributed by atoms with Crippen LogP contribution in [0, 0.1) is 5.82 Å². The lowest BCUT2D eigenvalue weighted by molar-refractivity contribution is -0.403. The predicted molar refractivity (Wildman–Crippen MR) is 129 cm³/mol. The van der Waals surface area contributed by atoms with Crippen LogP contribution in [0.3, 0.4) is 0 Å². The Hall–Kier alpha value is -2.35. The molecule has 2 aromatic carbocycles. The molecule has 180 valence electrons. The molecule has 0 aromatic heterocycles. The lowest BCUT2D eigenvalue weighted by Gasteiger charge is -2.23. The monoisotopic (exact) mass is 498 g/mol. The summed E-state index contributed by atoms with van der Waals surface area (Å²) in [7, 11) is 0. The van der Waals surface area contributed by atoms with Crippen molar-refractivity contribution in [3.63, 3.8) is 0 Å². The summed E-state index contributed by atoms with van der Waals surface area (Å²) in [6, 6.07) is 12.1. The van der Waals surface area contributed by atoms with Crippen molar-refractivity contribution in [2.75, 3.05) is 36.4 Å². The number of quaternary nitrogens is 1. The number of alkyl halides is 2. The zero-order chi connectivity index (χ0) is 24.2. The van der Waals surface area contributed by atoms with Gasteiger partial charge in [-0.15, -0.1) is 23.2 Å². The number of benzene rings is 2. The maximum absolute atomic E-state index is 13.2. The first-order chi connectivity index (χ1) is 15.9. The van der Waals surface area contributed by atoms with E-state index in [0.717, 1.165) is 11.3 Å². The highest BCUT2D eigenvalue weighted by Gasteiger charge is 2.27. The fraction of sp³-hybridized carbons (Fsp3) is 0.417. The highest BCUT2D eigenvalue weighted by atomic mass is 35.5. The van der Waals surface area contributed by atoms with E-state index < -0.39 is 18.1 Å². The summed E-state index contributed by atoms with van der Waals surface area (Å²) >= 11 is 11.7. The maximum Gasteiger partial charge on any atom is 0.328 e. The topological polar surface area (TPSA) is 86.3 Å². The van der Waals surface area contributed by atoms with E-state index in [9.17, 15) is 14.0 Å². The molecule has 0 radical (unpaired) electrons. The van der Waals surface area contributed by atoms with Crippen molar-refractivity contribution in [2.24, 2.45) is 0 Å². The van der Waals surface area contributed by atoms with Gasteiger partial charge in [-0.2, -0.15) is 0 Å². The van der Waals surface area contributed by atoms with Gasteiger partial charge in [0, 0.05) is 43.4 Å². The third kappa shape index (κ3) is 8.84. The summed E-state index contributed by atoms with van der Waals surface area (Å²) in [5, 5.41) is 2.74. The van der Waals surface area contributed by atoms with Crippen LogP contribution in [-0.2, 0) is 27.2 Å². The molecule has 0 aliphatic carbocycles. The van der Waals surface area contributed by atoms with Crippen LogP contribution in [0.2, 0.25) is 0 Å². The van der Waals surface area contributed by atoms with E-state index >= 15 is 0 Å². The molecule has 0 bridgehead atoms. The summed E-state index contributed by atoms with van der Waals surface area (Å²) < 4.78 is 18.3. The summed E-state index contributed by atoms with van der Waals surface area (Å²) in [5.41, 5.74) is 6.63. The van der Waals surface area contributed by atoms with Crippen LogP contribution in [0.1, 0.15) is 18.1 Å². The van der Waals surface area contributed by atoms with E-state index in [0.29, 0.717) is 36.8 Å². The molecule has 0 spiro atoms. The summed E-state index contributed by atoms with van der Waals surface area (Å²) in [5.74, 6) is -0.262. The van der Waals surface area contributed by atoms with E-state index in [1.807, 2.05) is 24.3 Å². The lowest BCUT2D eigenvalue weighted by atomic mass is 10.0. The van der Waals surface area contributed by atoms with Gasteiger partial charge in [0.2, 0.25) is 0 Å². The number of nitrogens with one attached hydrogen (secondary N) is 1. The van der Waals surface area contributed by atoms with Crippen molar-refractivity contribution in [1.82, 2.24) is 5.32 Å². The van der Waals surface area contributed by atoms with E-state index in [1.54, 1.807) is 19.1 Å². The molecule has 0 unspecified atom stereocenters. The standard InChI is InChI=1S/C24H30Cl2FN3O3/c1-2-33-24(32)22(16-18-3-7-19(27)8-4-18)29-23(31)21(28)15-17-5-9-20(10-6-17)30(13-11-25)14-12-26/h3-10,21-22H,2,11-16,28H2,1H3,(H,29,31)/p+1/t21-,22-/m0/s1. The molecule has 1 amide bonds. The van der Waals surface area contributed by atoms with Gasteiger partial charge in [-0.05, 0) is 42.3 Å². The third-order valence-corrected chi connectivity index (χ3v) is 5.44. The minimum Gasteiger partial charge on any atom is -0.464 e. The van der Waals surface area contributed by atoms with Crippen LogP contribution in [0.4, 0.5) is 10.1 Å². The van der Waals surface area contributed by atoms with Crippen molar-refractivity contribution in [3.8, 4) is 0 Å². The Bertz CT molecular complexity index is 876. The summed E-state index contributed by atoms with van der Waals surface area (Å²) in [6.07, 6.45) is 0.604. The number of carbonyl (C=O) groups excluding carboxylic acids is 2. The smallest absolute Gasteiger partial charge is 0.328 e. The van der Waals surface area contributed by atoms with Crippen LogP contribution in [0.5, 0.6) is 0 Å². The second-order valence-electron chi connectivity index (χ2n) is 7.58. The average molecular weight is 499 g/mol. The SMILES string of the molecule is CCOC(=O)[C@H](Cc1ccc(F)cc1)NC(=O)[C@@H]([NH3+])Cc1ccc(N(CCCl)CCCl)cc1. The molecule has 0 fully saturated rings. The number of esters is 1. The molecule has 2 rings (SSSR count). The summed E-state index contributed by atoms with van der Waals surface area (Å²) in [4.78, 5) is 27.3. The van der Waals surface area contributed by atoms with Crippen LogP contribution in [0.15, 0.2) is 48.5 Å². The molecule has 4 N–H and O–H groups in total. The van der Waals surface area contributed by atoms with Gasteiger partial charge in [0.25, 0.3) is 5.91 Å². The normalized spacial score (nSPS) is 12.6.